The van der Waals surface area contributed by atoms with E-state index in [1.165, 1.54) is 0 Å². The number of ether oxygens (including phenoxy) is 2. The normalized spacial score (nSPS) is 14.8. The van der Waals surface area contributed by atoms with Crippen molar-refractivity contribution in [3.05, 3.63) is 59.6 Å². The van der Waals surface area contributed by atoms with Gasteiger partial charge in [-0.1, -0.05) is 30.3 Å². The van der Waals surface area contributed by atoms with Crippen LogP contribution in [0.25, 0.3) is 10.6 Å². The summed E-state index contributed by atoms with van der Waals surface area (Å²) in [4.78, 5) is 21.9. The maximum atomic E-state index is 12.6. The molecule has 0 atom stereocenters. The molecular weight excluding hydrogens is 424 g/mol. The third-order valence-electron chi connectivity index (χ3n) is 5.47. The lowest BCUT2D eigenvalue weighted by Gasteiger charge is -2.33. The largest absolute Gasteiger partial charge is 0.497 e. The number of carbonyl (C=O) groups excluding carboxylic acids is 1. The van der Waals surface area contributed by atoms with Gasteiger partial charge in [0.25, 0.3) is 0 Å². The molecule has 0 radical (unpaired) electrons. The highest BCUT2D eigenvalue weighted by molar-refractivity contribution is 7.13. The number of amides is 1. The molecule has 1 aliphatic rings. The van der Waals surface area contributed by atoms with Gasteiger partial charge in [-0.25, -0.2) is 4.98 Å². The second-order valence-corrected chi connectivity index (χ2v) is 8.53. The third-order valence-corrected chi connectivity index (χ3v) is 6.41. The van der Waals surface area contributed by atoms with Crippen molar-refractivity contribution < 1.29 is 14.3 Å². The van der Waals surface area contributed by atoms with Crippen LogP contribution in [0.5, 0.6) is 11.5 Å². The fraction of sp³-hybridized carbons (Fsp3) is 0.333. The summed E-state index contributed by atoms with van der Waals surface area (Å²) in [5, 5.41) is 6.15. The van der Waals surface area contributed by atoms with E-state index in [2.05, 4.69) is 32.6 Å². The molecule has 7 nitrogen and oxygen atoms in total. The Balaban J connectivity index is 1.25. The van der Waals surface area contributed by atoms with Gasteiger partial charge in [0.1, 0.15) is 16.5 Å². The Kier molecular flexibility index (Phi) is 7.36. The van der Waals surface area contributed by atoms with Crippen molar-refractivity contribution in [2.24, 2.45) is 0 Å². The second-order valence-electron chi connectivity index (χ2n) is 7.68. The lowest BCUT2D eigenvalue weighted by atomic mass is 10.2. The van der Waals surface area contributed by atoms with Crippen molar-refractivity contribution in [1.82, 2.24) is 14.8 Å². The van der Waals surface area contributed by atoms with Gasteiger partial charge in [0.15, 0.2) is 0 Å². The third kappa shape index (κ3) is 5.64. The van der Waals surface area contributed by atoms with Gasteiger partial charge in [-0.05, 0) is 12.1 Å². The van der Waals surface area contributed by atoms with Gasteiger partial charge in [0, 0.05) is 49.7 Å². The Morgan fingerprint density at radius 1 is 1.03 bits per heavy atom. The van der Waals surface area contributed by atoms with Crippen LogP contribution in [0.4, 0.5) is 5.69 Å². The molecule has 2 aromatic carbocycles. The SMILES string of the molecule is COc1ccc(NC(=O)CN2CCN(Cc3csc(-c4ccccc4)n3)CC2)c(OC)c1. The van der Waals surface area contributed by atoms with E-state index < -0.39 is 0 Å². The fourth-order valence-electron chi connectivity index (χ4n) is 3.72. The van der Waals surface area contributed by atoms with Crippen LogP contribution in [0, 0.1) is 0 Å². The number of carbonyl (C=O) groups is 1. The molecule has 8 heteroatoms. The Morgan fingerprint density at radius 3 is 2.50 bits per heavy atom. The van der Waals surface area contributed by atoms with Gasteiger partial charge in [0.05, 0.1) is 32.1 Å². The first kappa shape index (κ1) is 22.3. The van der Waals surface area contributed by atoms with Crippen molar-refractivity contribution in [3.8, 4) is 22.1 Å². The first-order valence-corrected chi connectivity index (χ1v) is 11.5. The topological polar surface area (TPSA) is 66.9 Å². The van der Waals surface area contributed by atoms with Crippen LogP contribution in [0.1, 0.15) is 5.69 Å². The van der Waals surface area contributed by atoms with E-state index in [-0.39, 0.29) is 5.91 Å². The first-order chi connectivity index (χ1) is 15.6. The minimum absolute atomic E-state index is 0.0473. The predicted octanol–water partition coefficient (Wildman–Crippen LogP) is 3.58. The fourth-order valence-corrected chi connectivity index (χ4v) is 4.54. The van der Waals surface area contributed by atoms with Crippen molar-refractivity contribution in [2.45, 2.75) is 6.54 Å². The standard InChI is InChI=1S/C24H28N4O3S/c1-30-20-8-9-21(22(14-20)31-2)26-23(29)16-28-12-10-27(11-13-28)15-19-17-32-24(25-19)18-6-4-3-5-7-18/h3-9,14,17H,10-13,15-16H2,1-2H3,(H,26,29). The monoisotopic (exact) mass is 452 g/mol. The average molecular weight is 453 g/mol. The zero-order valence-corrected chi connectivity index (χ0v) is 19.2. The molecule has 1 aromatic heterocycles. The Bertz CT molecular complexity index is 1030. The van der Waals surface area contributed by atoms with E-state index in [0.717, 1.165) is 49.0 Å². The summed E-state index contributed by atoms with van der Waals surface area (Å²) in [5.41, 5.74) is 2.91. The van der Waals surface area contributed by atoms with Crippen molar-refractivity contribution in [1.29, 1.82) is 0 Å². The molecule has 3 aromatic rings. The summed E-state index contributed by atoms with van der Waals surface area (Å²) in [5.74, 6) is 1.22. The van der Waals surface area contributed by atoms with Crippen LogP contribution in [-0.4, -0.2) is 67.6 Å². The zero-order chi connectivity index (χ0) is 22.3. The summed E-state index contributed by atoms with van der Waals surface area (Å²) >= 11 is 1.69. The predicted molar refractivity (Wildman–Crippen MR) is 127 cm³/mol. The minimum atomic E-state index is -0.0473. The Hall–Kier alpha value is -2.94. The molecule has 168 valence electrons. The number of hydrogen-bond donors (Lipinski definition) is 1. The average Bonchev–Trinajstić information content (AvgIpc) is 3.29. The number of hydrogen-bond acceptors (Lipinski definition) is 7. The number of anilines is 1. The first-order valence-electron chi connectivity index (χ1n) is 10.6. The number of rotatable bonds is 8. The molecule has 4 rings (SSSR count). The number of thiazole rings is 1. The number of nitrogens with zero attached hydrogens (tertiary/aromatic N) is 3. The maximum absolute atomic E-state index is 12.6. The van der Waals surface area contributed by atoms with Crippen molar-refractivity contribution in [2.75, 3.05) is 52.3 Å². The molecule has 1 aliphatic heterocycles. The van der Waals surface area contributed by atoms with E-state index in [0.29, 0.717) is 23.7 Å². The quantitative estimate of drug-likeness (QED) is 0.564. The summed E-state index contributed by atoms with van der Waals surface area (Å²) in [6.45, 7) is 4.73. The molecule has 1 N–H and O–H groups in total. The molecule has 32 heavy (non-hydrogen) atoms. The van der Waals surface area contributed by atoms with E-state index in [9.17, 15) is 4.79 Å². The van der Waals surface area contributed by atoms with Crippen LogP contribution in [0.15, 0.2) is 53.9 Å². The van der Waals surface area contributed by atoms with Gasteiger partial charge < -0.3 is 14.8 Å². The number of piperazine rings is 1. The van der Waals surface area contributed by atoms with E-state index >= 15 is 0 Å². The van der Waals surface area contributed by atoms with Crippen LogP contribution in [0.3, 0.4) is 0 Å². The molecule has 0 spiro atoms. The molecule has 1 amide bonds. The zero-order valence-electron chi connectivity index (χ0n) is 18.4. The van der Waals surface area contributed by atoms with E-state index in [1.54, 1.807) is 43.8 Å². The van der Waals surface area contributed by atoms with Gasteiger partial charge in [-0.15, -0.1) is 11.3 Å². The molecular formula is C24H28N4O3S. The van der Waals surface area contributed by atoms with Crippen LogP contribution >= 0.6 is 11.3 Å². The van der Waals surface area contributed by atoms with Crippen LogP contribution in [0.2, 0.25) is 0 Å². The summed E-state index contributed by atoms with van der Waals surface area (Å²) in [7, 11) is 3.18. The number of methoxy groups -OCH3 is 2. The Morgan fingerprint density at radius 2 is 1.78 bits per heavy atom. The van der Waals surface area contributed by atoms with Gasteiger partial charge in [-0.3, -0.25) is 14.6 Å². The smallest absolute Gasteiger partial charge is 0.238 e. The lowest BCUT2D eigenvalue weighted by molar-refractivity contribution is -0.117. The summed E-state index contributed by atoms with van der Waals surface area (Å²) in [6, 6.07) is 15.6. The highest BCUT2D eigenvalue weighted by Gasteiger charge is 2.20. The molecule has 1 saturated heterocycles. The van der Waals surface area contributed by atoms with Gasteiger partial charge in [0.2, 0.25) is 5.91 Å². The van der Waals surface area contributed by atoms with Gasteiger partial charge in [-0.2, -0.15) is 0 Å². The van der Waals surface area contributed by atoms with Crippen molar-refractivity contribution >= 4 is 22.9 Å². The summed E-state index contributed by atoms with van der Waals surface area (Å²) in [6.07, 6.45) is 0. The minimum Gasteiger partial charge on any atom is -0.497 e. The van der Waals surface area contributed by atoms with E-state index in [4.69, 9.17) is 14.5 Å². The van der Waals surface area contributed by atoms with Gasteiger partial charge >= 0.3 is 0 Å². The summed E-state index contributed by atoms with van der Waals surface area (Å²) < 4.78 is 10.6. The number of benzene rings is 2. The highest BCUT2D eigenvalue weighted by Crippen LogP contribution is 2.29. The number of aromatic nitrogens is 1. The van der Waals surface area contributed by atoms with Crippen LogP contribution in [-0.2, 0) is 11.3 Å². The Labute approximate surface area is 192 Å². The molecule has 2 heterocycles. The molecule has 0 bridgehead atoms. The molecule has 1 fully saturated rings. The highest BCUT2D eigenvalue weighted by atomic mass is 32.1. The number of nitrogens with one attached hydrogen (secondary N) is 1. The maximum Gasteiger partial charge on any atom is 0.238 e. The van der Waals surface area contributed by atoms with E-state index in [1.807, 2.05) is 18.2 Å². The molecule has 0 saturated carbocycles. The molecule has 0 unspecified atom stereocenters. The second kappa shape index (κ2) is 10.6. The van der Waals surface area contributed by atoms with Crippen molar-refractivity contribution in [3.63, 3.8) is 0 Å². The lowest BCUT2D eigenvalue weighted by Crippen LogP contribution is -2.48. The van der Waals surface area contributed by atoms with Crippen LogP contribution < -0.4 is 14.8 Å². The molecule has 0 aliphatic carbocycles.